The maximum absolute atomic E-state index is 12.6. The van der Waals surface area contributed by atoms with Gasteiger partial charge in [0.2, 0.25) is 5.65 Å². The third-order valence-corrected chi connectivity index (χ3v) is 3.89. The van der Waals surface area contributed by atoms with E-state index in [4.69, 9.17) is 11.6 Å². The molecule has 7 heteroatoms. The predicted octanol–water partition coefficient (Wildman–Crippen LogP) is 1.63. The van der Waals surface area contributed by atoms with E-state index in [1.807, 2.05) is 6.92 Å². The van der Waals surface area contributed by atoms with Crippen LogP contribution in [0.25, 0.3) is 11.3 Å². The van der Waals surface area contributed by atoms with Gasteiger partial charge in [-0.2, -0.15) is 0 Å². The summed E-state index contributed by atoms with van der Waals surface area (Å²) >= 11 is 6.01. The lowest BCUT2D eigenvalue weighted by Gasteiger charge is -2.07. The van der Waals surface area contributed by atoms with E-state index in [0.717, 1.165) is 5.56 Å². The summed E-state index contributed by atoms with van der Waals surface area (Å²) in [5.74, 6) is 5.46. The molecular weight excluding hydrogens is 316 g/mol. The normalized spacial score (nSPS) is 10.6. The second kappa shape index (κ2) is 5.78. The van der Waals surface area contributed by atoms with Crippen molar-refractivity contribution >= 4 is 17.2 Å². The quantitative estimate of drug-likeness (QED) is 0.672. The van der Waals surface area contributed by atoms with Gasteiger partial charge in [-0.15, -0.1) is 11.0 Å². The Morgan fingerprint density at radius 3 is 2.74 bits per heavy atom. The molecule has 0 saturated carbocycles. The van der Waals surface area contributed by atoms with Crippen LogP contribution in [0.3, 0.4) is 0 Å². The van der Waals surface area contributed by atoms with Crippen LogP contribution in [0.15, 0.2) is 40.2 Å². The van der Waals surface area contributed by atoms with Gasteiger partial charge in [0, 0.05) is 23.1 Å². The molecule has 0 aliphatic heterocycles. The molecule has 2 aromatic heterocycles. The van der Waals surface area contributed by atoms with E-state index < -0.39 is 0 Å². The highest BCUT2D eigenvalue weighted by molar-refractivity contribution is 6.31. The largest absolute Gasteiger partial charge is 0.351 e. The minimum atomic E-state index is -0.390. The van der Waals surface area contributed by atoms with Crippen molar-refractivity contribution in [3.8, 4) is 17.5 Å². The summed E-state index contributed by atoms with van der Waals surface area (Å²) in [6, 6.07) is 5.27. The average molecular weight is 329 g/mol. The van der Waals surface area contributed by atoms with Gasteiger partial charge in [0.05, 0.1) is 0 Å². The second-order valence-electron chi connectivity index (χ2n) is 4.97. The lowest BCUT2D eigenvalue weighted by Crippen LogP contribution is -2.24. The number of halogens is 1. The molecule has 0 aliphatic carbocycles. The zero-order chi connectivity index (χ0) is 16.6. The van der Waals surface area contributed by atoms with Crippen molar-refractivity contribution in [1.82, 2.24) is 18.7 Å². The number of benzene rings is 1. The standard InChI is InChI=1S/C16H13ClN4O2/c1-3-4-7-21-16(23)20-9-8-19(15(22)14(20)18-21)12-5-6-13(17)11(2)10-12/h5-6,8-10H,7H2,1-2H3. The lowest BCUT2D eigenvalue weighted by atomic mass is 10.2. The second-order valence-corrected chi connectivity index (χ2v) is 5.37. The van der Waals surface area contributed by atoms with Crippen LogP contribution in [0, 0.1) is 18.8 Å². The van der Waals surface area contributed by atoms with E-state index in [1.54, 1.807) is 25.1 Å². The maximum Gasteiger partial charge on any atom is 0.351 e. The number of nitrogens with zero attached hydrogens (tertiary/aromatic N) is 4. The zero-order valence-electron chi connectivity index (χ0n) is 12.6. The fraction of sp³-hybridized carbons (Fsp3) is 0.188. The Labute approximate surface area is 136 Å². The van der Waals surface area contributed by atoms with Gasteiger partial charge in [0.25, 0.3) is 0 Å². The molecule has 23 heavy (non-hydrogen) atoms. The first-order chi connectivity index (χ1) is 11.0. The van der Waals surface area contributed by atoms with Crippen molar-refractivity contribution in [2.75, 3.05) is 0 Å². The molecule has 0 spiro atoms. The van der Waals surface area contributed by atoms with Gasteiger partial charge in [0.1, 0.15) is 6.54 Å². The van der Waals surface area contributed by atoms with E-state index in [2.05, 4.69) is 16.9 Å². The van der Waals surface area contributed by atoms with E-state index in [0.29, 0.717) is 10.7 Å². The Hall–Kier alpha value is -2.78. The minimum Gasteiger partial charge on any atom is -0.280 e. The highest BCUT2D eigenvalue weighted by Gasteiger charge is 2.12. The van der Waals surface area contributed by atoms with E-state index >= 15 is 0 Å². The molecule has 0 atom stereocenters. The highest BCUT2D eigenvalue weighted by atomic mass is 35.5. The van der Waals surface area contributed by atoms with Crippen molar-refractivity contribution in [2.45, 2.75) is 20.4 Å². The third kappa shape index (κ3) is 2.56. The van der Waals surface area contributed by atoms with Crippen LogP contribution >= 0.6 is 11.6 Å². The molecule has 116 valence electrons. The molecule has 0 fully saturated rings. The average Bonchev–Trinajstić information content (AvgIpc) is 2.86. The van der Waals surface area contributed by atoms with Crippen LogP contribution in [-0.4, -0.2) is 18.7 Å². The van der Waals surface area contributed by atoms with Crippen molar-refractivity contribution in [3.05, 3.63) is 62.0 Å². The number of fused-ring (bicyclic) bond motifs is 1. The van der Waals surface area contributed by atoms with Crippen LogP contribution in [-0.2, 0) is 6.54 Å². The zero-order valence-corrected chi connectivity index (χ0v) is 13.3. The van der Waals surface area contributed by atoms with Gasteiger partial charge < -0.3 is 0 Å². The minimum absolute atomic E-state index is 0.0583. The van der Waals surface area contributed by atoms with Gasteiger partial charge in [-0.3, -0.25) is 9.36 Å². The Balaban J connectivity index is 2.22. The molecule has 6 nitrogen and oxygen atoms in total. The van der Waals surface area contributed by atoms with Gasteiger partial charge in [-0.25, -0.2) is 13.9 Å². The molecule has 0 saturated heterocycles. The molecule has 0 aliphatic rings. The van der Waals surface area contributed by atoms with Gasteiger partial charge >= 0.3 is 11.2 Å². The number of rotatable bonds is 2. The van der Waals surface area contributed by atoms with Crippen molar-refractivity contribution in [2.24, 2.45) is 0 Å². The number of aromatic nitrogens is 4. The van der Waals surface area contributed by atoms with Crippen molar-refractivity contribution in [3.63, 3.8) is 0 Å². The van der Waals surface area contributed by atoms with Crippen LogP contribution in [0.5, 0.6) is 0 Å². The van der Waals surface area contributed by atoms with E-state index in [9.17, 15) is 9.59 Å². The van der Waals surface area contributed by atoms with Crippen LogP contribution in [0.1, 0.15) is 12.5 Å². The first-order valence-corrected chi connectivity index (χ1v) is 7.27. The van der Waals surface area contributed by atoms with E-state index in [1.165, 1.54) is 26.0 Å². The Morgan fingerprint density at radius 1 is 1.26 bits per heavy atom. The van der Waals surface area contributed by atoms with Crippen LogP contribution < -0.4 is 11.2 Å². The summed E-state index contributed by atoms with van der Waals surface area (Å²) in [6.07, 6.45) is 3.06. The molecule has 0 radical (unpaired) electrons. The molecule has 0 N–H and O–H groups in total. The lowest BCUT2D eigenvalue weighted by molar-refractivity contribution is 0.684. The van der Waals surface area contributed by atoms with E-state index in [-0.39, 0.29) is 23.4 Å². The fourth-order valence-corrected chi connectivity index (χ4v) is 2.37. The summed E-state index contributed by atoms with van der Waals surface area (Å²) in [4.78, 5) is 24.8. The third-order valence-electron chi connectivity index (χ3n) is 3.47. The molecule has 1 aromatic carbocycles. The van der Waals surface area contributed by atoms with Crippen LogP contribution in [0.2, 0.25) is 5.02 Å². The molecular formula is C16H13ClN4O2. The van der Waals surface area contributed by atoms with Gasteiger partial charge in [0.15, 0.2) is 0 Å². The van der Waals surface area contributed by atoms with Crippen LogP contribution in [0.4, 0.5) is 0 Å². The summed E-state index contributed by atoms with van der Waals surface area (Å²) in [7, 11) is 0. The topological polar surface area (TPSA) is 61.3 Å². The smallest absolute Gasteiger partial charge is 0.280 e. The monoisotopic (exact) mass is 328 g/mol. The summed E-state index contributed by atoms with van der Waals surface area (Å²) in [5, 5.41) is 4.71. The summed E-state index contributed by atoms with van der Waals surface area (Å²) in [5.41, 5.74) is 0.809. The number of hydrogen-bond donors (Lipinski definition) is 0. The Morgan fingerprint density at radius 2 is 2.04 bits per heavy atom. The van der Waals surface area contributed by atoms with Crippen molar-refractivity contribution in [1.29, 1.82) is 0 Å². The molecule has 2 heterocycles. The SMILES string of the molecule is CC#CCn1nc2c(=O)n(-c3ccc(Cl)c(C)c3)ccn2c1=O. The van der Waals surface area contributed by atoms with Gasteiger partial charge in [-0.1, -0.05) is 17.5 Å². The maximum atomic E-state index is 12.6. The first-order valence-electron chi connectivity index (χ1n) is 6.90. The van der Waals surface area contributed by atoms with Gasteiger partial charge in [-0.05, 0) is 37.6 Å². The first kappa shape index (κ1) is 15.1. The fourth-order valence-electron chi connectivity index (χ4n) is 2.25. The molecule has 3 aromatic rings. The predicted molar refractivity (Wildman–Crippen MR) is 88.2 cm³/mol. The van der Waals surface area contributed by atoms with Crippen molar-refractivity contribution < 1.29 is 0 Å². The Bertz CT molecular complexity index is 1080. The molecule has 0 amide bonds. The summed E-state index contributed by atoms with van der Waals surface area (Å²) < 4.78 is 3.82. The molecule has 3 rings (SSSR count). The molecule has 0 bridgehead atoms. The molecule has 0 unspecified atom stereocenters. The summed E-state index contributed by atoms with van der Waals surface area (Å²) in [6.45, 7) is 3.69. The highest BCUT2D eigenvalue weighted by Crippen LogP contribution is 2.17. The Kier molecular flexibility index (Phi) is 3.80. The number of hydrogen-bond acceptors (Lipinski definition) is 3. The number of aryl methyl sites for hydroxylation is 1.